The van der Waals surface area contributed by atoms with Crippen LogP contribution in [0.1, 0.15) is 5.56 Å². The molecule has 1 heterocycles. The highest BCUT2D eigenvalue weighted by Gasteiger charge is 2.02. The second-order valence-corrected chi connectivity index (χ2v) is 4.20. The number of hydrogen-bond donors (Lipinski definition) is 1. The van der Waals surface area contributed by atoms with Crippen molar-refractivity contribution in [3.05, 3.63) is 71.8 Å². The van der Waals surface area contributed by atoms with E-state index in [0.717, 1.165) is 11.1 Å². The van der Waals surface area contributed by atoms with E-state index in [0.29, 0.717) is 11.1 Å². The lowest BCUT2D eigenvalue weighted by atomic mass is 10.2. The van der Waals surface area contributed by atoms with E-state index in [-0.39, 0.29) is 5.55 Å². The molecule has 1 N–H and O–H groups in total. The molecule has 96 valence electrons. The first-order valence-corrected chi connectivity index (χ1v) is 6.14. The molecule has 20 heavy (non-hydrogen) atoms. The summed E-state index contributed by atoms with van der Waals surface area (Å²) in [4.78, 5) is 0. The summed E-state index contributed by atoms with van der Waals surface area (Å²) in [6.07, 6.45) is 0. The standard InChI is InChI=1S/C16H11N3O/c17-11-13-10-12-6-4-5-9-15(12)20-16(13)19-18-14-7-2-1-3-8-14/h1-10,18H/b19-16+. The third-order valence-electron chi connectivity index (χ3n) is 2.84. The number of nitrogens with one attached hydrogen (secondary N) is 1. The molecule has 4 heteroatoms. The second-order valence-electron chi connectivity index (χ2n) is 4.20. The zero-order valence-corrected chi connectivity index (χ0v) is 10.6. The van der Waals surface area contributed by atoms with Gasteiger partial charge < -0.3 is 4.42 Å². The number of anilines is 1. The van der Waals surface area contributed by atoms with Crippen molar-refractivity contribution >= 4 is 16.7 Å². The maximum Gasteiger partial charge on any atom is 0.254 e. The molecule has 4 nitrogen and oxygen atoms in total. The zero-order valence-electron chi connectivity index (χ0n) is 10.6. The Balaban J connectivity index is 2.08. The van der Waals surface area contributed by atoms with E-state index in [4.69, 9.17) is 4.42 Å². The fourth-order valence-corrected chi connectivity index (χ4v) is 1.86. The third-order valence-corrected chi connectivity index (χ3v) is 2.84. The van der Waals surface area contributed by atoms with Gasteiger partial charge >= 0.3 is 0 Å². The summed E-state index contributed by atoms with van der Waals surface area (Å²) in [7, 11) is 0. The minimum Gasteiger partial charge on any atom is -0.436 e. The molecule has 0 aliphatic rings. The maximum absolute atomic E-state index is 9.18. The monoisotopic (exact) mass is 261 g/mol. The minimum atomic E-state index is 0.273. The molecule has 0 saturated heterocycles. The number of benzene rings is 2. The summed E-state index contributed by atoms with van der Waals surface area (Å²) in [5, 5.41) is 14.2. The fraction of sp³-hybridized carbons (Fsp3) is 0. The second kappa shape index (κ2) is 5.29. The van der Waals surface area contributed by atoms with Gasteiger partial charge in [0.05, 0.1) is 5.69 Å². The van der Waals surface area contributed by atoms with E-state index in [2.05, 4.69) is 16.6 Å². The van der Waals surface area contributed by atoms with E-state index in [1.54, 1.807) is 6.07 Å². The Morgan fingerprint density at radius 3 is 2.55 bits per heavy atom. The summed E-state index contributed by atoms with van der Waals surface area (Å²) in [6, 6.07) is 20.9. The average Bonchev–Trinajstić information content (AvgIpc) is 2.53. The number of rotatable bonds is 2. The molecule has 0 aliphatic carbocycles. The first-order valence-electron chi connectivity index (χ1n) is 6.14. The highest BCUT2D eigenvalue weighted by molar-refractivity contribution is 5.77. The number of nitriles is 1. The molecular weight excluding hydrogens is 250 g/mol. The molecule has 0 bridgehead atoms. The SMILES string of the molecule is N#Cc1cc2ccccc2o/c1=N/Nc1ccccc1. The van der Waals surface area contributed by atoms with Crippen LogP contribution in [0.5, 0.6) is 0 Å². The molecule has 0 amide bonds. The van der Waals surface area contributed by atoms with E-state index in [9.17, 15) is 5.26 Å². The van der Waals surface area contributed by atoms with Gasteiger partial charge in [0.15, 0.2) is 0 Å². The van der Waals surface area contributed by atoms with Crippen LogP contribution in [0.4, 0.5) is 5.69 Å². The summed E-state index contributed by atoms with van der Waals surface area (Å²) in [6.45, 7) is 0. The molecule has 1 aromatic heterocycles. The molecular formula is C16H11N3O. The first-order chi connectivity index (χ1) is 9.86. The maximum atomic E-state index is 9.18. The van der Waals surface area contributed by atoms with Crippen LogP contribution < -0.4 is 11.0 Å². The smallest absolute Gasteiger partial charge is 0.254 e. The van der Waals surface area contributed by atoms with Gasteiger partial charge in [0.1, 0.15) is 17.2 Å². The molecule has 0 spiro atoms. The van der Waals surface area contributed by atoms with Gasteiger partial charge in [-0.2, -0.15) is 5.26 Å². The highest BCUT2D eigenvalue weighted by atomic mass is 16.3. The van der Waals surface area contributed by atoms with Gasteiger partial charge in [-0.15, -0.1) is 5.10 Å². The topological polar surface area (TPSA) is 61.3 Å². The number of para-hydroxylation sites is 2. The van der Waals surface area contributed by atoms with Crippen molar-refractivity contribution in [2.24, 2.45) is 5.10 Å². The van der Waals surface area contributed by atoms with Crippen molar-refractivity contribution < 1.29 is 4.42 Å². The lowest BCUT2D eigenvalue weighted by Crippen LogP contribution is -2.09. The van der Waals surface area contributed by atoms with Crippen molar-refractivity contribution in [1.82, 2.24) is 0 Å². The van der Waals surface area contributed by atoms with Gasteiger partial charge in [-0.25, -0.2) is 0 Å². The van der Waals surface area contributed by atoms with Crippen LogP contribution >= 0.6 is 0 Å². The van der Waals surface area contributed by atoms with Gasteiger partial charge in [0, 0.05) is 5.39 Å². The lowest BCUT2D eigenvalue weighted by Gasteiger charge is -2.00. The number of fused-ring (bicyclic) bond motifs is 1. The van der Waals surface area contributed by atoms with Crippen LogP contribution in [0, 0.1) is 11.3 Å². The Morgan fingerprint density at radius 2 is 1.75 bits per heavy atom. The molecule has 3 rings (SSSR count). The van der Waals surface area contributed by atoms with Gasteiger partial charge in [-0.05, 0) is 24.3 Å². The van der Waals surface area contributed by atoms with Crippen LogP contribution in [0.2, 0.25) is 0 Å². The van der Waals surface area contributed by atoms with Crippen molar-refractivity contribution in [2.75, 3.05) is 5.43 Å². The summed E-state index contributed by atoms with van der Waals surface area (Å²) >= 11 is 0. The first kappa shape index (κ1) is 12.0. The average molecular weight is 261 g/mol. The Morgan fingerprint density at radius 1 is 1.00 bits per heavy atom. The Hall–Kier alpha value is -3.06. The Kier molecular flexibility index (Phi) is 3.17. The van der Waals surface area contributed by atoms with Crippen LogP contribution in [-0.2, 0) is 0 Å². The normalized spacial score (nSPS) is 11.2. The largest absolute Gasteiger partial charge is 0.436 e. The summed E-state index contributed by atoms with van der Waals surface area (Å²) in [5.74, 6) is 0. The predicted molar refractivity (Wildman–Crippen MR) is 76.6 cm³/mol. The van der Waals surface area contributed by atoms with E-state index < -0.39 is 0 Å². The summed E-state index contributed by atoms with van der Waals surface area (Å²) < 4.78 is 5.65. The van der Waals surface area contributed by atoms with E-state index >= 15 is 0 Å². The van der Waals surface area contributed by atoms with Crippen molar-refractivity contribution in [1.29, 1.82) is 5.26 Å². The molecule has 0 radical (unpaired) electrons. The van der Waals surface area contributed by atoms with Crippen LogP contribution in [-0.4, -0.2) is 0 Å². The molecule has 0 saturated carbocycles. The fourth-order valence-electron chi connectivity index (χ4n) is 1.86. The van der Waals surface area contributed by atoms with Gasteiger partial charge in [-0.3, -0.25) is 5.43 Å². The highest BCUT2D eigenvalue weighted by Crippen LogP contribution is 2.12. The predicted octanol–water partition coefficient (Wildman–Crippen LogP) is 3.23. The van der Waals surface area contributed by atoms with Gasteiger partial charge in [-0.1, -0.05) is 36.4 Å². The summed E-state index contributed by atoms with van der Waals surface area (Å²) in [5.41, 5.74) is 5.08. The molecule has 0 aliphatic heterocycles. The number of nitrogens with zero attached hydrogens (tertiary/aromatic N) is 2. The van der Waals surface area contributed by atoms with E-state index in [1.807, 2.05) is 54.6 Å². The van der Waals surface area contributed by atoms with Crippen LogP contribution in [0.25, 0.3) is 11.0 Å². The number of hydrogen-bond acceptors (Lipinski definition) is 4. The Labute approximate surface area is 115 Å². The van der Waals surface area contributed by atoms with E-state index in [1.165, 1.54) is 0 Å². The molecule has 0 atom stereocenters. The quantitative estimate of drug-likeness (QED) is 0.720. The molecule has 2 aromatic carbocycles. The van der Waals surface area contributed by atoms with Crippen molar-refractivity contribution in [3.8, 4) is 6.07 Å². The van der Waals surface area contributed by atoms with Gasteiger partial charge in [0.25, 0.3) is 5.55 Å². The Bertz CT molecular complexity index is 845. The van der Waals surface area contributed by atoms with Gasteiger partial charge in [0.2, 0.25) is 0 Å². The lowest BCUT2D eigenvalue weighted by molar-refractivity contribution is 0.538. The minimum absolute atomic E-state index is 0.273. The zero-order chi connectivity index (χ0) is 13.8. The third kappa shape index (κ3) is 2.38. The van der Waals surface area contributed by atoms with Crippen molar-refractivity contribution in [2.45, 2.75) is 0 Å². The van der Waals surface area contributed by atoms with Crippen LogP contribution in [0.15, 0.2) is 70.2 Å². The molecule has 0 fully saturated rings. The van der Waals surface area contributed by atoms with Crippen molar-refractivity contribution in [3.63, 3.8) is 0 Å². The molecule has 3 aromatic rings. The van der Waals surface area contributed by atoms with Crippen LogP contribution in [0.3, 0.4) is 0 Å². The molecule has 0 unspecified atom stereocenters.